The maximum absolute atomic E-state index is 12.2. The summed E-state index contributed by atoms with van der Waals surface area (Å²) >= 11 is 1.21. The zero-order valence-electron chi connectivity index (χ0n) is 14.9. The molecule has 2 aromatic rings. The van der Waals surface area contributed by atoms with Crippen molar-refractivity contribution in [3.05, 3.63) is 29.8 Å². The maximum atomic E-state index is 12.2. The molecule has 0 bridgehead atoms. The van der Waals surface area contributed by atoms with Crippen LogP contribution >= 0.6 is 11.8 Å². The quantitative estimate of drug-likeness (QED) is 0.700. The second kappa shape index (κ2) is 8.35. The highest BCUT2D eigenvalue weighted by molar-refractivity contribution is 8.00. The Morgan fingerprint density at radius 2 is 1.92 bits per heavy atom. The average Bonchev–Trinajstić information content (AvgIpc) is 3.27. The number of amides is 3. The Kier molecular flexibility index (Phi) is 5.92. The van der Waals surface area contributed by atoms with Crippen molar-refractivity contribution in [2.75, 3.05) is 0 Å². The number of hydrogen-bond acceptors (Lipinski definition) is 5. The van der Waals surface area contributed by atoms with Gasteiger partial charge in [0, 0.05) is 11.6 Å². The third-order valence-corrected chi connectivity index (χ3v) is 5.33. The molecule has 3 N–H and O–H groups in total. The van der Waals surface area contributed by atoms with E-state index in [9.17, 15) is 9.59 Å². The molecule has 0 radical (unpaired) electrons. The molecule has 1 aromatic carbocycles. The first-order chi connectivity index (χ1) is 12.5. The number of hydrogen-bond donors (Lipinski definition) is 3. The number of carbonyl (C=O) groups excluding carboxylic acids is 2. The van der Waals surface area contributed by atoms with Gasteiger partial charge in [0.05, 0.1) is 5.25 Å². The predicted molar refractivity (Wildman–Crippen MR) is 101 cm³/mol. The first kappa shape index (κ1) is 18.4. The fraction of sp³-hybridized carbons (Fsp3) is 0.444. The molecular weight excluding hydrogens is 350 g/mol. The van der Waals surface area contributed by atoms with Crippen molar-refractivity contribution in [2.24, 2.45) is 0 Å². The highest BCUT2D eigenvalue weighted by Crippen LogP contribution is 2.23. The SMILES string of the molecule is Cc1ccc(-c2nc(S[C@@H](C)C(=O)NC(=O)NC3CCCC3)n[nH]2)cc1. The number of nitrogens with one attached hydrogen (secondary N) is 3. The molecule has 1 atom stereocenters. The largest absolute Gasteiger partial charge is 0.335 e. The van der Waals surface area contributed by atoms with Gasteiger partial charge >= 0.3 is 6.03 Å². The standard InChI is InChI=1S/C18H23N5O2S/c1-11-7-9-13(10-8-11)15-20-18(23-22-15)26-12(2)16(24)21-17(25)19-14-5-3-4-6-14/h7-10,12,14H,3-6H2,1-2H3,(H,20,22,23)(H2,19,21,24,25)/t12-/m0/s1. The summed E-state index contributed by atoms with van der Waals surface area (Å²) in [7, 11) is 0. The summed E-state index contributed by atoms with van der Waals surface area (Å²) in [6.07, 6.45) is 4.20. The summed E-state index contributed by atoms with van der Waals surface area (Å²) in [5.74, 6) is 0.297. The number of H-pyrrole nitrogens is 1. The monoisotopic (exact) mass is 373 g/mol. The summed E-state index contributed by atoms with van der Waals surface area (Å²) in [5, 5.41) is 12.3. The summed E-state index contributed by atoms with van der Waals surface area (Å²) < 4.78 is 0. The van der Waals surface area contributed by atoms with Gasteiger partial charge < -0.3 is 5.32 Å². The van der Waals surface area contributed by atoms with Gasteiger partial charge in [0.1, 0.15) is 0 Å². The molecule has 0 aliphatic heterocycles. The van der Waals surface area contributed by atoms with Crippen LogP contribution in [0.2, 0.25) is 0 Å². The number of imide groups is 1. The molecule has 1 aliphatic rings. The highest BCUT2D eigenvalue weighted by atomic mass is 32.2. The fourth-order valence-electron chi connectivity index (χ4n) is 2.86. The number of carbonyl (C=O) groups is 2. The Labute approximate surface area is 156 Å². The topological polar surface area (TPSA) is 99.8 Å². The van der Waals surface area contributed by atoms with Crippen LogP contribution in [0.25, 0.3) is 11.4 Å². The molecule has 138 valence electrons. The van der Waals surface area contributed by atoms with E-state index in [1.807, 2.05) is 31.2 Å². The molecule has 0 unspecified atom stereocenters. The van der Waals surface area contributed by atoms with Crippen molar-refractivity contribution >= 4 is 23.7 Å². The van der Waals surface area contributed by atoms with Gasteiger partial charge in [0.25, 0.3) is 0 Å². The Morgan fingerprint density at radius 3 is 2.62 bits per heavy atom. The van der Waals surface area contributed by atoms with E-state index in [4.69, 9.17) is 0 Å². The number of thioether (sulfide) groups is 1. The maximum Gasteiger partial charge on any atom is 0.321 e. The molecule has 1 aromatic heterocycles. The minimum absolute atomic E-state index is 0.177. The van der Waals surface area contributed by atoms with Crippen molar-refractivity contribution in [1.29, 1.82) is 0 Å². The molecule has 3 rings (SSSR count). The molecule has 7 nitrogen and oxygen atoms in total. The van der Waals surface area contributed by atoms with Crippen LogP contribution in [0.1, 0.15) is 38.2 Å². The Balaban J connectivity index is 1.52. The van der Waals surface area contributed by atoms with E-state index in [2.05, 4.69) is 25.8 Å². The first-order valence-corrected chi connectivity index (χ1v) is 9.66. The molecule has 26 heavy (non-hydrogen) atoms. The summed E-state index contributed by atoms with van der Waals surface area (Å²) in [4.78, 5) is 28.5. The predicted octanol–water partition coefficient (Wildman–Crippen LogP) is 3.03. The lowest BCUT2D eigenvalue weighted by Gasteiger charge is -2.14. The molecule has 8 heteroatoms. The van der Waals surface area contributed by atoms with Gasteiger partial charge in [-0.25, -0.2) is 9.78 Å². The van der Waals surface area contributed by atoms with Gasteiger partial charge in [-0.3, -0.25) is 15.2 Å². The van der Waals surface area contributed by atoms with E-state index in [1.165, 1.54) is 17.3 Å². The van der Waals surface area contributed by atoms with Crippen LogP contribution in [0.3, 0.4) is 0 Å². The van der Waals surface area contributed by atoms with E-state index < -0.39 is 11.3 Å². The molecule has 3 amide bonds. The third kappa shape index (κ3) is 4.85. The van der Waals surface area contributed by atoms with Crippen LogP contribution in [0, 0.1) is 6.92 Å². The minimum atomic E-state index is -0.481. The van der Waals surface area contributed by atoms with Crippen LogP contribution in [-0.4, -0.2) is 38.4 Å². The van der Waals surface area contributed by atoms with Crippen LogP contribution < -0.4 is 10.6 Å². The smallest absolute Gasteiger partial charge is 0.321 e. The van der Waals surface area contributed by atoms with Crippen LogP contribution in [0.5, 0.6) is 0 Å². The summed E-state index contributed by atoms with van der Waals surface area (Å²) in [6.45, 7) is 3.75. The zero-order chi connectivity index (χ0) is 18.5. The number of urea groups is 1. The molecule has 1 fully saturated rings. The van der Waals surface area contributed by atoms with Gasteiger partial charge in [0.2, 0.25) is 11.1 Å². The number of rotatable bonds is 5. The second-order valence-electron chi connectivity index (χ2n) is 6.54. The van der Waals surface area contributed by atoms with Gasteiger partial charge in [-0.15, -0.1) is 5.10 Å². The first-order valence-electron chi connectivity index (χ1n) is 8.79. The normalized spacial score (nSPS) is 15.6. The van der Waals surface area contributed by atoms with Crippen molar-refractivity contribution in [3.63, 3.8) is 0 Å². The highest BCUT2D eigenvalue weighted by Gasteiger charge is 2.22. The summed E-state index contributed by atoms with van der Waals surface area (Å²) in [6, 6.07) is 7.69. The fourth-order valence-corrected chi connectivity index (χ4v) is 3.58. The number of nitrogens with zero attached hydrogens (tertiary/aromatic N) is 2. The van der Waals surface area contributed by atoms with Crippen molar-refractivity contribution in [1.82, 2.24) is 25.8 Å². The van der Waals surface area contributed by atoms with Gasteiger partial charge in [-0.05, 0) is 26.7 Å². The molecule has 0 saturated heterocycles. The van der Waals surface area contributed by atoms with Crippen molar-refractivity contribution < 1.29 is 9.59 Å². The number of aromatic amines is 1. The van der Waals surface area contributed by atoms with E-state index >= 15 is 0 Å². The lowest BCUT2D eigenvalue weighted by Crippen LogP contribution is -2.45. The lowest BCUT2D eigenvalue weighted by molar-refractivity contribution is -0.119. The molecule has 1 aliphatic carbocycles. The Bertz CT molecular complexity index is 768. The summed E-state index contributed by atoms with van der Waals surface area (Å²) in [5.41, 5.74) is 2.10. The molecule has 1 saturated carbocycles. The third-order valence-electron chi connectivity index (χ3n) is 4.37. The number of aromatic nitrogens is 3. The van der Waals surface area contributed by atoms with Crippen molar-refractivity contribution in [3.8, 4) is 11.4 Å². The Morgan fingerprint density at radius 1 is 1.23 bits per heavy atom. The van der Waals surface area contributed by atoms with Gasteiger partial charge in [-0.2, -0.15) is 0 Å². The van der Waals surface area contributed by atoms with E-state index in [0.29, 0.717) is 11.0 Å². The van der Waals surface area contributed by atoms with Crippen molar-refractivity contribution in [2.45, 2.75) is 56.0 Å². The zero-order valence-corrected chi connectivity index (χ0v) is 15.7. The van der Waals surface area contributed by atoms with Gasteiger partial charge in [0.15, 0.2) is 5.82 Å². The van der Waals surface area contributed by atoms with Crippen LogP contribution in [0.15, 0.2) is 29.4 Å². The minimum Gasteiger partial charge on any atom is -0.335 e. The number of benzene rings is 1. The average molecular weight is 373 g/mol. The molecular formula is C18H23N5O2S. The van der Waals surface area contributed by atoms with E-state index in [-0.39, 0.29) is 11.9 Å². The van der Waals surface area contributed by atoms with Crippen LogP contribution in [0.4, 0.5) is 4.79 Å². The molecule has 0 spiro atoms. The van der Waals surface area contributed by atoms with Crippen LogP contribution in [-0.2, 0) is 4.79 Å². The molecule has 1 heterocycles. The van der Waals surface area contributed by atoms with Gasteiger partial charge in [-0.1, -0.05) is 54.4 Å². The lowest BCUT2D eigenvalue weighted by atomic mass is 10.1. The van der Waals surface area contributed by atoms with E-state index in [0.717, 1.165) is 31.2 Å². The second-order valence-corrected chi connectivity index (χ2v) is 7.84. The van der Waals surface area contributed by atoms with E-state index in [1.54, 1.807) is 6.92 Å². The Hall–Kier alpha value is -2.35. The number of aryl methyl sites for hydroxylation is 1.